The third-order valence-electron chi connectivity index (χ3n) is 3.34. The van der Waals surface area contributed by atoms with Crippen LogP contribution in [0.5, 0.6) is 0 Å². The quantitative estimate of drug-likeness (QED) is 0.859. The topological polar surface area (TPSA) is 32.5 Å². The van der Waals surface area contributed by atoms with Gasteiger partial charge >= 0.3 is 0 Å². The van der Waals surface area contributed by atoms with Crippen molar-refractivity contribution in [2.24, 2.45) is 5.73 Å². The highest BCUT2D eigenvalue weighted by Gasteiger charge is 2.25. The van der Waals surface area contributed by atoms with Crippen LogP contribution in [0.15, 0.2) is 24.3 Å². The molecule has 0 aliphatic carbocycles. The maximum absolute atomic E-state index is 6.04. The van der Waals surface area contributed by atoms with Crippen LogP contribution in [0.2, 0.25) is 5.02 Å². The van der Waals surface area contributed by atoms with Crippen molar-refractivity contribution in [3.63, 3.8) is 0 Å². The number of piperazine rings is 1. The summed E-state index contributed by atoms with van der Waals surface area (Å²) in [5.41, 5.74) is 7.00. The van der Waals surface area contributed by atoms with Crippen LogP contribution >= 0.6 is 23.8 Å². The van der Waals surface area contributed by atoms with Crippen molar-refractivity contribution < 1.29 is 0 Å². The maximum atomic E-state index is 6.04. The SMILES string of the molecule is CN1CCN(C(C(N)=S)c2cccc(Cl)c2)CC1. The first-order chi connectivity index (χ1) is 8.58. The minimum Gasteiger partial charge on any atom is -0.392 e. The number of halogens is 1. The van der Waals surface area contributed by atoms with Crippen LogP contribution in [0, 0.1) is 0 Å². The molecule has 1 heterocycles. The third kappa shape index (κ3) is 3.20. The van der Waals surface area contributed by atoms with Crippen molar-refractivity contribution in [1.82, 2.24) is 9.80 Å². The van der Waals surface area contributed by atoms with E-state index in [-0.39, 0.29) is 6.04 Å². The van der Waals surface area contributed by atoms with Gasteiger partial charge in [-0.3, -0.25) is 4.90 Å². The molecule has 2 N–H and O–H groups in total. The number of hydrogen-bond acceptors (Lipinski definition) is 3. The molecule has 1 fully saturated rings. The summed E-state index contributed by atoms with van der Waals surface area (Å²) in [5, 5.41) is 0.725. The molecule has 1 aromatic carbocycles. The monoisotopic (exact) mass is 283 g/mol. The van der Waals surface area contributed by atoms with E-state index in [1.807, 2.05) is 24.3 Å². The summed E-state index contributed by atoms with van der Waals surface area (Å²) in [5.74, 6) is 0. The fourth-order valence-electron chi connectivity index (χ4n) is 2.31. The predicted molar refractivity (Wildman–Crippen MR) is 80.0 cm³/mol. The minimum absolute atomic E-state index is 0.00704. The molecule has 3 nitrogen and oxygen atoms in total. The van der Waals surface area contributed by atoms with E-state index in [1.165, 1.54) is 0 Å². The van der Waals surface area contributed by atoms with Crippen molar-refractivity contribution >= 4 is 28.8 Å². The molecule has 1 aliphatic rings. The molecule has 5 heteroatoms. The van der Waals surface area contributed by atoms with E-state index in [2.05, 4.69) is 16.8 Å². The van der Waals surface area contributed by atoms with Crippen LogP contribution in [0.4, 0.5) is 0 Å². The summed E-state index contributed by atoms with van der Waals surface area (Å²) in [7, 11) is 2.13. The van der Waals surface area contributed by atoms with Gasteiger partial charge in [0.25, 0.3) is 0 Å². The summed E-state index contributed by atoms with van der Waals surface area (Å²) in [6.07, 6.45) is 0. The van der Waals surface area contributed by atoms with Gasteiger partial charge in [-0.2, -0.15) is 0 Å². The van der Waals surface area contributed by atoms with E-state index in [1.54, 1.807) is 0 Å². The first-order valence-corrected chi connectivity index (χ1v) is 6.84. The Hall–Kier alpha value is -0.680. The molecule has 1 saturated heterocycles. The van der Waals surface area contributed by atoms with Crippen LogP contribution in [0.25, 0.3) is 0 Å². The molecule has 1 unspecified atom stereocenters. The predicted octanol–water partition coefficient (Wildman–Crippen LogP) is 1.91. The standard InChI is InChI=1S/C13H18ClN3S/c1-16-5-7-17(8-6-16)12(13(15)18)10-3-2-4-11(14)9-10/h2-4,9,12H,5-8H2,1H3,(H2,15,18). The Kier molecular flexibility index (Phi) is 4.56. The van der Waals surface area contributed by atoms with Gasteiger partial charge in [0.15, 0.2) is 0 Å². The van der Waals surface area contributed by atoms with Gasteiger partial charge in [0.2, 0.25) is 0 Å². The fraction of sp³-hybridized carbons (Fsp3) is 0.462. The van der Waals surface area contributed by atoms with Gasteiger partial charge in [-0.25, -0.2) is 0 Å². The molecule has 0 bridgehead atoms. The molecule has 0 amide bonds. The van der Waals surface area contributed by atoms with Gasteiger partial charge in [0.05, 0.1) is 11.0 Å². The lowest BCUT2D eigenvalue weighted by Gasteiger charge is -2.37. The number of rotatable bonds is 3. The van der Waals surface area contributed by atoms with Gasteiger partial charge in [-0.15, -0.1) is 0 Å². The largest absolute Gasteiger partial charge is 0.392 e. The highest BCUT2D eigenvalue weighted by atomic mass is 35.5. The highest BCUT2D eigenvalue weighted by Crippen LogP contribution is 2.24. The smallest absolute Gasteiger partial charge is 0.0948 e. The van der Waals surface area contributed by atoms with E-state index in [4.69, 9.17) is 29.6 Å². The van der Waals surface area contributed by atoms with Gasteiger partial charge < -0.3 is 10.6 Å². The second-order valence-electron chi connectivity index (χ2n) is 4.70. The Morgan fingerprint density at radius 3 is 2.56 bits per heavy atom. The highest BCUT2D eigenvalue weighted by molar-refractivity contribution is 7.80. The number of benzene rings is 1. The van der Waals surface area contributed by atoms with Crippen molar-refractivity contribution in [3.05, 3.63) is 34.9 Å². The number of thiocarbonyl (C=S) groups is 1. The van der Waals surface area contributed by atoms with Gasteiger partial charge in [-0.1, -0.05) is 36.0 Å². The molecule has 1 aliphatic heterocycles. The van der Waals surface area contributed by atoms with Crippen LogP contribution in [-0.4, -0.2) is 48.0 Å². The Morgan fingerprint density at radius 2 is 2.00 bits per heavy atom. The van der Waals surface area contributed by atoms with Crippen molar-refractivity contribution in [3.8, 4) is 0 Å². The lowest BCUT2D eigenvalue weighted by molar-refractivity contribution is 0.137. The molecule has 0 aromatic heterocycles. The summed E-state index contributed by atoms with van der Waals surface area (Å²) >= 11 is 11.3. The lowest BCUT2D eigenvalue weighted by Crippen LogP contribution is -2.48. The van der Waals surface area contributed by atoms with E-state index < -0.39 is 0 Å². The first kappa shape index (κ1) is 13.7. The lowest BCUT2D eigenvalue weighted by atomic mass is 10.0. The molecule has 98 valence electrons. The summed E-state index contributed by atoms with van der Waals surface area (Å²) in [4.78, 5) is 5.15. The Labute approximate surface area is 119 Å². The second-order valence-corrected chi connectivity index (χ2v) is 5.61. The van der Waals surface area contributed by atoms with Gasteiger partial charge in [-0.05, 0) is 24.7 Å². The number of nitrogens with two attached hydrogens (primary N) is 1. The molecule has 1 aromatic rings. The fourth-order valence-corrected chi connectivity index (χ4v) is 2.80. The molecular weight excluding hydrogens is 266 g/mol. The summed E-state index contributed by atoms with van der Waals surface area (Å²) in [6.45, 7) is 4.04. The zero-order chi connectivity index (χ0) is 13.1. The summed E-state index contributed by atoms with van der Waals surface area (Å²) < 4.78 is 0. The van der Waals surface area contributed by atoms with Crippen LogP contribution in [0.1, 0.15) is 11.6 Å². The van der Waals surface area contributed by atoms with Crippen molar-refractivity contribution in [1.29, 1.82) is 0 Å². The average molecular weight is 284 g/mol. The first-order valence-electron chi connectivity index (χ1n) is 6.05. The summed E-state index contributed by atoms with van der Waals surface area (Å²) in [6, 6.07) is 7.79. The van der Waals surface area contributed by atoms with Crippen LogP contribution in [-0.2, 0) is 0 Å². The maximum Gasteiger partial charge on any atom is 0.0948 e. The van der Waals surface area contributed by atoms with Crippen LogP contribution < -0.4 is 5.73 Å². The van der Waals surface area contributed by atoms with E-state index in [0.29, 0.717) is 4.99 Å². The molecular formula is C13H18ClN3S. The molecule has 0 spiro atoms. The number of hydrogen-bond donors (Lipinski definition) is 1. The molecule has 0 radical (unpaired) electrons. The van der Waals surface area contributed by atoms with E-state index in [9.17, 15) is 0 Å². The molecule has 0 saturated carbocycles. The Balaban J connectivity index is 2.21. The van der Waals surface area contributed by atoms with Crippen molar-refractivity contribution in [2.75, 3.05) is 33.2 Å². The third-order valence-corrected chi connectivity index (χ3v) is 3.80. The Morgan fingerprint density at radius 1 is 1.33 bits per heavy atom. The average Bonchev–Trinajstić information content (AvgIpc) is 2.32. The second kappa shape index (κ2) is 5.97. The molecule has 1 atom stereocenters. The molecule has 2 rings (SSSR count). The van der Waals surface area contributed by atoms with Crippen molar-refractivity contribution in [2.45, 2.75) is 6.04 Å². The van der Waals surface area contributed by atoms with Crippen LogP contribution in [0.3, 0.4) is 0 Å². The zero-order valence-electron chi connectivity index (χ0n) is 10.5. The normalized spacial score (nSPS) is 19.7. The molecule has 18 heavy (non-hydrogen) atoms. The zero-order valence-corrected chi connectivity index (χ0v) is 12.0. The van der Waals surface area contributed by atoms with Gasteiger partial charge in [0, 0.05) is 31.2 Å². The van der Waals surface area contributed by atoms with Gasteiger partial charge in [0.1, 0.15) is 0 Å². The minimum atomic E-state index is -0.00704. The van der Waals surface area contributed by atoms with E-state index >= 15 is 0 Å². The van der Waals surface area contributed by atoms with E-state index in [0.717, 1.165) is 36.8 Å². The number of likely N-dealkylation sites (N-methyl/N-ethyl adjacent to an activating group) is 1. The Bertz CT molecular complexity index is 430. The number of nitrogens with zero attached hydrogens (tertiary/aromatic N) is 2.